The lowest BCUT2D eigenvalue weighted by atomic mass is 9.96. The molecule has 1 amide bonds. The molecule has 1 aliphatic heterocycles. The Bertz CT molecular complexity index is 1240. The average molecular weight is 477 g/mol. The van der Waals surface area contributed by atoms with E-state index in [9.17, 15) is 4.79 Å². The van der Waals surface area contributed by atoms with Crippen molar-refractivity contribution in [3.05, 3.63) is 53.7 Å². The van der Waals surface area contributed by atoms with Crippen LogP contribution in [0.3, 0.4) is 0 Å². The van der Waals surface area contributed by atoms with Gasteiger partial charge in [0.2, 0.25) is 5.75 Å². The molecule has 2 heterocycles. The van der Waals surface area contributed by atoms with Crippen LogP contribution in [0.5, 0.6) is 17.2 Å². The summed E-state index contributed by atoms with van der Waals surface area (Å²) >= 11 is 0. The molecule has 5 rings (SSSR count). The van der Waals surface area contributed by atoms with E-state index in [2.05, 4.69) is 28.2 Å². The number of aromatic nitrogens is 1. The number of benzene rings is 2. The Balaban J connectivity index is 1.59. The third-order valence-electron chi connectivity index (χ3n) is 7.02. The van der Waals surface area contributed by atoms with Gasteiger partial charge in [-0.1, -0.05) is 37.5 Å². The summed E-state index contributed by atoms with van der Waals surface area (Å²) in [6, 6.07) is 11.9. The first kappa shape index (κ1) is 23.3. The van der Waals surface area contributed by atoms with Gasteiger partial charge in [-0.05, 0) is 42.2 Å². The predicted octanol–water partition coefficient (Wildman–Crippen LogP) is 5.01. The fraction of sp³-hybridized carbons (Fsp3) is 0.393. The highest BCUT2D eigenvalue weighted by atomic mass is 16.5. The second-order valence-corrected chi connectivity index (χ2v) is 9.04. The zero-order chi connectivity index (χ0) is 24.4. The van der Waals surface area contributed by atoms with Crippen LogP contribution in [0.2, 0.25) is 0 Å². The molecule has 0 radical (unpaired) electrons. The molecule has 1 saturated carbocycles. The summed E-state index contributed by atoms with van der Waals surface area (Å²) < 4.78 is 25.0. The number of carbonyl (C=O) groups excluding carboxylic acids is 1. The molecule has 0 saturated heterocycles. The third-order valence-corrected chi connectivity index (χ3v) is 7.02. The molecule has 3 aromatic rings. The molecule has 2 aromatic carbocycles. The van der Waals surface area contributed by atoms with Crippen molar-refractivity contribution in [3.8, 4) is 17.2 Å². The van der Waals surface area contributed by atoms with Crippen LogP contribution in [0.15, 0.2) is 42.6 Å². The van der Waals surface area contributed by atoms with Crippen molar-refractivity contribution in [2.24, 2.45) is 0 Å². The van der Waals surface area contributed by atoms with Gasteiger partial charge >= 0.3 is 0 Å². The van der Waals surface area contributed by atoms with Crippen molar-refractivity contribution in [2.45, 2.75) is 44.9 Å². The van der Waals surface area contributed by atoms with E-state index in [-0.39, 0.29) is 5.91 Å². The average Bonchev–Trinajstić information content (AvgIpc) is 3.47. The van der Waals surface area contributed by atoms with E-state index < -0.39 is 0 Å². The first-order valence-corrected chi connectivity index (χ1v) is 12.2. The molecule has 1 fully saturated rings. The maximum atomic E-state index is 13.1. The van der Waals surface area contributed by atoms with Gasteiger partial charge in [0, 0.05) is 23.7 Å². The normalized spacial score (nSPS) is 16.6. The Morgan fingerprint density at radius 3 is 2.37 bits per heavy atom. The second-order valence-electron chi connectivity index (χ2n) is 9.04. The van der Waals surface area contributed by atoms with Crippen molar-refractivity contribution in [1.82, 2.24) is 9.88 Å². The molecule has 0 unspecified atom stereocenters. The molecule has 2 aliphatic rings. The molecule has 7 heteroatoms. The number of hydrogen-bond donors (Lipinski definition) is 1. The number of para-hydroxylation sites is 1. The fourth-order valence-electron chi connectivity index (χ4n) is 5.25. The Hall–Kier alpha value is -3.45. The first-order chi connectivity index (χ1) is 17.1. The first-order valence-electron chi connectivity index (χ1n) is 12.2. The predicted molar refractivity (Wildman–Crippen MR) is 136 cm³/mol. The van der Waals surface area contributed by atoms with Crippen molar-refractivity contribution in [2.75, 3.05) is 27.9 Å². The summed E-state index contributed by atoms with van der Waals surface area (Å²) in [6.07, 6.45) is 8.46. The lowest BCUT2D eigenvalue weighted by molar-refractivity contribution is -0.114. The van der Waals surface area contributed by atoms with Crippen molar-refractivity contribution in [1.29, 1.82) is 0 Å². The summed E-state index contributed by atoms with van der Waals surface area (Å²) in [5, 5.41) is 4.11. The van der Waals surface area contributed by atoms with Gasteiger partial charge in [0.1, 0.15) is 6.73 Å². The summed E-state index contributed by atoms with van der Waals surface area (Å²) in [6.45, 7) is 0.946. The summed E-state index contributed by atoms with van der Waals surface area (Å²) in [5.74, 6) is 1.40. The van der Waals surface area contributed by atoms with Crippen molar-refractivity contribution in [3.63, 3.8) is 0 Å². The number of rotatable bonds is 8. The van der Waals surface area contributed by atoms with Crippen LogP contribution in [0.1, 0.15) is 43.2 Å². The van der Waals surface area contributed by atoms with Crippen LogP contribution in [-0.4, -0.2) is 44.5 Å². The highest BCUT2D eigenvalue weighted by Gasteiger charge is 2.29. The number of carbonyl (C=O) groups is 1. The van der Waals surface area contributed by atoms with Gasteiger partial charge in [-0.2, -0.15) is 0 Å². The molecular weight excluding hydrogens is 444 g/mol. The SMILES string of the molecule is COc1cc(C2=C(c3cn(COC4CCCCC4)c4ccccc34)CNC2=O)cc(OC)c1OC. The Morgan fingerprint density at radius 2 is 1.69 bits per heavy atom. The van der Waals surface area contributed by atoms with Gasteiger partial charge in [0.25, 0.3) is 5.91 Å². The second kappa shape index (κ2) is 10.0. The zero-order valence-electron chi connectivity index (χ0n) is 20.6. The molecule has 1 N–H and O–H groups in total. The van der Waals surface area contributed by atoms with Crippen LogP contribution < -0.4 is 19.5 Å². The Labute approximate surface area is 205 Å². The van der Waals surface area contributed by atoms with E-state index in [0.717, 1.165) is 40.4 Å². The number of methoxy groups -OCH3 is 3. The van der Waals surface area contributed by atoms with Gasteiger partial charge in [0.05, 0.1) is 38.5 Å². The van der Waals surface area contributed by atoms with Gasteiger partial charge < -0.3 is 28.8 Å². The molecule has 184 valence electrons. The van der Waals surface area contributed by atoms with Gasteiger partial charge in [-0.25, -0.2) is 0 Å². The number of nitrogens with zero attached hydrogens (tertiary/aromatic N) is 1. The molecular formula is C28H32N2O5. The molecule has 35 heavy (non-hydrogen) atoms. The highest BCUT2D eigenvalue weighted by Crippen LogP contribution is 2.43. The molecule has 7 nitrogen and oxygen atoms in total. The van der Waals surface area contributed by atoms with Crippen LogP contribution in [0.4, 0.5) is 0 Å². The molecule has 0 bridgehead atoms. The number of amides is 1. The van der Waals surface area contributed by atoms with E-state index in [1.807, 2.05) is 24.3 Å². The monoisotopic (exact) mass is 476 g/mol. The molecule has 1 aromatic heterocycles. The smallest absolute Gasteiger partial charge is 0.252 e. The molecule has 0 atom stereocenters. The number of nitrogens with one attached hydrogen (secondary N) is 1. The van der Waals surface area contributed by atoms with E-state index in [1.165, 1.54) is 19.3 Å². The van der Waals surface area contributed by atoms with Gasteiger partial charge in [-0.15, -0.1) is 0 Å². The molecule has 0 spiro atoms. The Kier molecular flexibility index (Phi) is 6.68. The maximum absolute atomic E-state index is 13.1. The Morgan fingerprint density at radius 1 is 0.971 bits per heavy atom. The van der Waals surface area contributed by atoms with Crippen LogP contribution in [-0.2, 0) is 16.3 Å². The minimum absolute atomic E-state index is 0.121. The lowest BCUT2D eigenvalue weighted by Gasteiger charge is -2.22. The van der Waals surface area contributed by atoms with E-state index in [1.54, 1.807) is 21.3 Å². The van der Waals surface area contributed by atoms with E-state index in [0.29, 0.717) is 42.2 Å². The van der Waals surface area contributed by atoms with Crippen LogP contribution in [0, 0.1) is 0 Å². The fourth-order valence-corrected chi connectivity index (χ4v) is 5.25. The van der Waals surface area contributed by atoms with E-state index in [4.69, 9.17) is 18.9 Å². The number of ether oxygens (including phenoxy) is 4. The minimum Gasteiger partial charge on any atom is -0.493 e. The molecule has 1 aliphatic carbocycles. The minimum atomic E-state index is -0.121. The van der Waals surface area contributed by atoms with Gasteiger partial charge in [-0.3, -0.25) is 4.79 Å². The van der Waals surface area contributed by atoms with Crippen LogP contribution >= 0.6 is 0 Å². The lowest BCUT2D eigenvalue weighted by Crippen LogP contribution is -2.18. The van der Waals surface area contributed by atoms with Crippen LogP contribution in [0.25, 0.3) is 22.0 Å². The summed E-state index contributed by atoms with van der Waals surface area (Å²) in [5.41, 5.74) is 4.39. The van der Waals surface area contributed by atoms with Crippen molar-refractivity contribution >= 4 is 28.0 Å². The summed E-state index contributed by atoms with van der Waals surface area (Å²) in [7, 11) is 4.72. The van der Waals surface area contributed by atoms with Crippen molar-refractivity contribution < 1.29 is 23.7 Å². The third kappa shape index (κ3) is 4.36. The number of fused-ring (bicyclic) bond motifs is 1. The zero-order valence-corrected chi connectivity index (χ0v) is 20.6. The van der Waals surface area contributed by atoms with Gasteiger partial charge in [0.15, 0.2) is 11.5 Å². The largest absolute Gasteiger partial charge is 0.493 e. The standard InChI is InChI=1S/C28H32N2O5/c1-32-24-13-18(14-25(33-2)27(24)34-3)26-21(15-29-28(26)31)22-16-30(23-12-8-7-11-20(22)23)17-35-19-9-5-4-6-10-19/h7-8,11-14,16,19H,4-6,9-10,15,17H2,1-3H3,(H,29,31). The highest BCUT2D eigenvalue weighted by molar-refractivity contribution is 6.31. The van der Waals surface area contributed by atoms with E-state index >= 15 is 0 Å². The maximum Gasteiger partial charge on any atom is 0.252 e. The summed E-state index contributed by atoms with van der Waals surface area (Å²) in [4.78, 5) is 13.1. The topological polar surface area (TPSA) is 71.0 Å². The quantitative estimate of drug-likeness (QED) is 0.495. The number of hydrogen-bond acceptors (Lipinski definition) is 5.